The van der Waals surface area contributed by atoms with Crippen molar-refractivity contribution in [1.29, 1.82) is 0 Å². The Morgan fingerprint density at radius 1 is 1.86 bits per heavy atom. The molecule has 0 fully saturated rings. The van der Waals surface area contributed by atoms with Gasteiger partial charge in [0.05, 0.1) is 19.4 Å². The third kappa shape index (κ3) is 1.09. The van der Waals surface area contributed by atoms with Crippen LogP contribution in [-0.2, 0) is 0 Å². The molecule has 0 saturated carbocycles. The van der Waals surface area contributed by atoms with Crippen LogP contribution in [0.3, 0.4) is 0 Å². The molecular weight excluding hydrogens is 108 g/mol. The highest BCUT2D eigenvalue weighted by Crippen LogP contribution is 2.05. The average molecular weight is 115 g/mol. The van der Waals surface area contributed by atoms with Gasteiger partial charge in [-0.05, 0) is 11.9 Å². The fraction of sp³-hybridized carbons (Fsp3) is 0.500. The summed E-state index contributed by atoms with van der Waals surface area (Å²) < 4.78 is 2.00. The lowest BCUT2D eigenvalue weighted by atomic mass is 10.7. The Morgan fingerprint density at radius 2 is 2.71 bits per heavy atom. The van der Waals surface area contributed by atoms with Gasteiger partial charge in [0, 0.05) is 6.26 Å². The predicted octanol–water partition coefficient (Wildman–Crippen LogP) is 0.770. The summed E-state index contributed by atoms with van der Waals surface area (Å²) in [6.45, 7) is 1.96. The van der Waals surface area contributed by atoms with E-state index in [-0.39, 0.29) is 0 Å². The Hall–Kier alpha value is -0.180. The highest BCUT2D eigenvalue weighted by molar-refractivity contribution is 7.98. The number of aliphatic imine (C=N–C) groups is 1. The summed E-state index contributed by atoms with van der Waals surface area (Å²) in [4.78, 5) is 3.98. The molecule has 39 valence electrons. The number of hydrogen-bond donors (Lipinski definition) is 0. The Bertz CT molecular complexity index is 81.8. The van der Waals surface area contributed by atoms with Crippen molar-refractivity contribution in [2.75, 3.05) is 13.1 Å². The molecule has 1 radical (unpaired) electrons. The van der Waals surface area contributed by atoms with Crippen LogP contribution in [0.1, 0.15) is 0 Å². The fourth-order valence-electron chi connectivity index (χ4n) is 0.461. The quantitative estimate of drug-likeness (QED) is 0.469. The van der Waals surface area contributed by atoms with Gasteiger partial charge in [-0.25, -0.2) is 0 Å². The first-order valence-electron chi connectivity index (χ1n) is 2.12. The van der Waals surface area contributed by atoms with Crippen molar-refractivity contribution in [3.63, 3.8) is 0 Å². The van der Waals surface area contributed by atoms with E-state index in [9.17, 15) is 0 Å². The molecule has 0 aliphatic carbocycles. The third-order valence-corrected chi connectivity index (χ3v) is 1.43. The normalized spacial score (nSPS) is 18.7. The van der Waals surface area contributed by atoms with Gasteiger partial charge >= 0.3 is 0 Å². The van der Waals surface area contributed by atoms with Crippen LogP contribution in [0.5, 0.6) is 0 Å². The van der Waals surface area contributed by atoms with E-state index < -0.39 is 0 Å². The third-order valence-electron chi connectivity index (χ3n) is 0.826. The van der Waals surface area contributed by atoms with E-state index in [0.717, 1.165) is 13.1 Å². The summed E-state index contributed by atoms with van der Waals surface area (Å²) in [5.41, 5.74) is 0. The summed E-state index contributed by atoms with van der Waals surface area (Å²) in [6, 6.07) is 0. The summed E-state index contributed by atoms with van der Waals surface area (Å²) in [6.07, 6.45) is 5.44. The lowest BCUT2D eigenvalue weighted by molar-refractivity contribution is 0.752. The van der Waals surface area contributed by atoms with Gasteiger partial charge in [-0.2, -0.15) is 0 Å². The minimum absolute atomic E-state index is 0.933. The molecule has 0 N–H and O–H groups in total. The Morgan fingerprint density at radius 3 is 3.00 bits per heavy atom. The SMILES string of the molecule is [CH2]SN1C=NCC1. The zero-order chi connectivity index (χ0) is 5.11. The topological polar surface area (TPSA) is 15.6 Å². The zero-order valence-corrected chi connectivity index (χ0v) is 4.82. The van der Waals surface area contributed by atoms with Crippen LogP contribution < -0.4 is 0 Å². The van der Waals surface area contributed by atoms with Gasteiger partial charge < -0.3 is 4.31 Å². The minimum Gasteiger partial charge on any atom is -0.305 e. The van der Waals surface area contributed by atoms with Gasteiger partial charge in [0.2, 0.25) is 0 Å². The van der Waals surface area contributed by atoms with Crippen LogP contribution >= 0.6 is 11.9 Å². The average Bonchev–Trinajstić information content (AvgIpc) is 2.14. The highest BCUT2D eigenvalue weighted by atomic mass is 32.2. The van der Waals surface area contributed by atoms with E-state index in [4.69, 9.17) is 0 Å². The molecule has 0 atom stereocenters. The molecule has 1 aliphatic heterocycles. The smallest absolute Gasteiger partial charge is 0.0950 e. The van der Waals surface area contributed by atoms with E-state index in [1.165, 1.54) is 11.9 Å². The molecule has 0 amide bonds. The first-order chi connectivity index (χ1) is 3.43. The van der Waals surface area contributed by atoms with Crippen molar-refractivity contribution < 1.29 is 0 Å². The van der Waals surface area contributed by atoms with Crippen LogP contribution in [0, 0.1) is 6.26 Å². The van der Waals surface area contributed by atoms with E-state index >= 15 is 0 Å². The van der Waals surface area contributed by atoms with E-state index in [1.807, 2.05) is 10.6 Å². The molecule has 0 saturated heterocycles. The van der Waals surface area contributed by atoms with E-state index in [0.29, 0.717) is 0 Å². The molecule has 1 heterocycles. The van der Waals surface area contributed by atoms with E-state index in [1.54, 1.807) is 0 Å². The van der Waals surface area contributed by atoms with Crippen LogP contribution in [0.2, 0.25) is 0 Å². The summed E-state index contributed by atoms with van der Waals surface area (Å²) in [7, 11) is 0. The van der Waals surface area contributed by atoms with Crippen molar-refractivity contribution in [3.05, 3.63) is 6.26 Å². The molecule has 0 aromatic carbocycles. The minimum atomic E-state index is 0.933. The van der Waals surface area contributed by atoms with Crippen LogP contribution in [0.25, 0.3) is 0 Å². The number of rotatable bonds is 1. The van der Waals surface area contributed by atoms with Crippen molar-refractivity contribution in [2.45, 2.75) is 0 Å². The predicted molar refractivity (Wildman–Crippen MR) is 33.0 cm³/mol. The van der Waals surface area contributed by atoms with Crippen molar-refractivity contribution >= 4 is 18.3 Å². The second kappa shape index (κ2) is 2.21. The summed E-state index contributed by atoms with van der Waals surface area (Å²) >= 11 is 1.47. The molecule has 1 rings (SSSR count). The number of nitrogens with zero attached hydrogens (tertiary/aromatic N) is 2. The van der Waals surface area contributed by atoms with Crippen molar-refractivity contribution in [3.8, 4) is 0 Å². The second-order valence-electron chi connectivity index (χ2n) is 1.29. The molecule has 2 nitrogen and oxygen atoms in total. The van der Waals surface area contributed by atoms with Crippen molar-refractivity contribution in [1.82, 2.24) is 4.31 Å². The van der Waals surface area contributed by atoms with Gasteiger partial charge in [0.25, 0.3) is 0 Å². The van der Waals surface area contributed by atoms with Gasteiger partial charge in [-0.1, -0.05) is 0 Å². The molecule has 0 aromatic heterocycles. The molecule has 3 heteroatoms. The molecule has 1 aliphatic rings. The highest BCUT2D eigenvalue weighted by Gasteiger charge is 2.00. The molecule has 0 unspecified atom stereocenters. The molecule has 0 bridgehead atoms. The van der Waals surface area contributed by atoms with Crippen LogP contribution in [-0.4, -0.2) is 23.7 Å². The lowest BCUT2D eigenvalue weighted by Crippen LogP contribution is -2.07. The molecule has 0 spiro atoms. The largest absolute Gasteiger partial charge is 0.305 e. The Kier molecular flexibility index (Phi) is 1.57. The fourth-order valence-corrected chi connectivity index (χ4v) is 0.805. The molecular formula is C4H7N2S. The standard InChI is InChI=1S/C4H7N2S/c1-7-6-3-2-5-4-6/h4H,1-3H2. The maximum atomic E-state index is 3.98. The Balaban J connectivity index is 2.28. The van der Waals surface area contributed by atoms with Gasteiger partial charge in [0.1, 0.15) is 0 Å². The van der Waals surface area contributed by atoms with E-state index in [2.05, 4.69) is 11.2 Å². The van der Waals surface area contributed by atoms with Gasteiger partial charge in [-0.15, -0.1) is 0 Å². The maximum absolute atomic E-state index is 3.98. The zero-order valence-electron chi connectivity index (χ0n) is 4.00. The first-order valence-corrected chi connectivity index (χ1v) is 3.06. The summed E-state index contributed by atoms with van der Waals surface area (Å²) in [5.74, 6) is 0. The van der Waals surface area contributed by atoms with Crippen LogP contribution in [0.15, 0.2) is 4.99 Å². The van der Waals surface area contributed by atoms with Gasteiger partial charge in [-0.3, -0.25) is 4.99 Å². The summed E-state index contributed by atoms with van der Waals surface area (Å²) in [5, 5.41) is 0. The maximum Gasteiger partial charge on any atom is 0.0950 e. The number of hydrogen-bond acceptors (Lipinski definition) is 3. The lowest BCUT2D eigenvalue weighted by Gasteiger charge is -2.05. The Labute approximate surface area is 47.7 Å². The monoisotopic (exact) mass is 115 g/mol. The molecule has 0 aromatic rings. The van der Waals surface area contributed by atoms with Crippen LogP contribution in [0.4, 0.5) is 0 Å². The van der Waals surface area contributed by atoms with Crippen molar-refractivity contribution in [2.24, 2.45) is 4.99 Å². The first kappa shape index (κ1) is 4.97. The van der Waals surface area contributed by atoms with Gasteiger partial charge in [0.15, 0.2) is 0 Å². The molecule has 7 heavy (non-hydrogen) atoms. The second-order valence-corrected chi connectivity index (χ2v) is 2.02.